The topological polar surface area (TPSA) is 15.7 Å². The van der Waals surface area contributed by atoms with Crippen LogP contribution in [0.15, 0.2) is 18.2 Å². The minimum Gasteiger partial charge on any atom is -0.497 e. The first kappa shape index (κ1) is 12.2. The monoisotopic (exact) mass is 234 g/mol. The Balaban J connectivity index is 2.47. The maximum absolute atomic E-state index is 5.35. The second-order valence-electron chi connectivity index (χ2n) is 4.97. The van der Waals surface area contributed by atoms with Crippen LogP contribution >= 0.6 is 0 Å². The van der Waals surface area contributed by atoms with E-state index in [-0.39, 0.29) is 0 Å². The molecule has 0 radical (unpaired) electrons. The fourth-order valence-electron chi connectivity index (χ4n) is 2.61. The summed E-state index contributed by atoms with van der Waals surface area (Å²) in [5.41, 5.74) is 2.72. The highest BCUT2D eigenvalue weighted by Gasteiger charge is 2.23. The quantitative estimate of drug-likeness (QED) is 0.782. The first-order chi connectivity index (χ1) is 8.13. The molecule has 2 rings (SSSR count). The SMILES string of the molecule is COc1ccc2c(c1)C(N(C)C)CCCN2C. The minimum absolute atomic E-state index is 0.491. The number of ether oxygens (including phenoxy) is 1. The Morgan fingerprint density at radius 3 is 2.76 bits per heavy atom. The van der Waals surface area contributed by atoms with Crippen molar-refractivity contribution in [2.24, 2.45) is 0 Å². The number of fused-ring (bicyclic) bond motifs is 1. The number of anilines is 1. The Labute approximate surface area is 104 Å². The zero-order valence-corrected chi connectivity index (χ0v) is 11.2. The molecule has 1 aliphatic rings. The highest BCUT2D eigenvalue weighted by atomic mass is 16.5. The number of benzene rings is 1. The van der Waals surface area contributed by atoms with Crippen LogP contribution in [0.2, 0.25) is 0 Å². The third kappa shape index (κ3) is 2.39. The highest BCUT2D eigenvalue weighted by molar-refractivity contribution is 5.58. The smallest absolute Gasteiger partial charge is 0.119 e. The molecule has 0 bridgehead atoms. The molecule has 0 N–H and O–H groups in total. The van der Waals surface area contributed by atoms with E-state index in [0.717, 1.165) is 12.3 Å². The Morgan fingerprint density at radius 1 is 1.35 bits per heavy atom. The highest BCUT2D eigenvalue weighted by Crippen LogP contribution is 2.36. The van der Waals surface area contributed by atoms with E-state index in [0.29, 0.717) is 6.04 Å². The minimum atomic E-state index is 0.491. The molecule has 0 saturated carbocycles. The molecule has 0 aromatic heterocycles. The predicted molar refractivity (Wildman–Crippen MR) is 71.9 cm³/mol. The van der Waals surface area contributed by atoms with Crippen LogP contribution in [-0.2, 0) is 0 Å². The third-order valence-corrected chi connectivity index (χ3v) is 3.60. The van der Waals surface area contributed by atoms with Gasteiger partial charge >= 0.3 is 0 Å². The molecular weight excluding hydrogens is 212 g/mol. The average Bonchev–Trinajstić information content (AvgIpc) is 2.48. The van der Waals surface area contributed by atoms with Crippen LogP contribution in [0.25, 0.3) is 0 Å². The summed E-state index contributed by atoms with van der Waals surface area (Å²) in [6.07, 6.45) is 2.44. The van der Waals surface area contributed by atoms with Gasteiger partial charge in [-0.1, -0.05) is 0 Å². The van der Waals surface area contributed by atoms with Crippen LogP contribution < -0.4 is 9.64 Å². The molecule has 1 unspecified atom stereocenters. The first-order valence-corrected chi connectivity index (χ1v) is 6.19. The van der Waals surface area contributed by atoms with Crippen LogP contribution in [0, 0.1) is 0 Å². The van der Waals surface area contributed by atoms with Gasteiger partial charge in [-0.15, -0.1) is 0 Å². The lowest BCUT2D eigenvalue weighted by molar-refractivity contribution is 0.283. The Bertz CT molecular complexity index is 390. The van der Waals surface area contributed by atoms with Gasteiger partial charge in [-0.25, -0.2) is 0 Å². The summed E-state index contributed by atoms with van der Waals surface area (Å²) in [5, 5.41) is 0. The molecule has 0 fully saturated rings. The lowest BCUT2D eigenvalue weighted by Gasteiger charge is -2.26. The summed E-state index contributed by atoms with van der Waals surface area (Å²) in [4.78, 5) is 4.65. The molecule has 0 aliphatic carbocycles. The van der Waals surface area contributed by atoms with Crippen molar-refractivity contribution in [3.8, 4) is 5.75 Å². The summed E-state index contributed by atoms with van der Waals surface area (Å²) in [5.74, 6) is 0.950. The van der Waals surface area contributed by atoms with Crippen LogP contribution in [0.3, 0.4) is 0 Å². The van der Waals surface area contributed by atoms with Crippen molar-refractivity contribution in [1.82, 2.24) is 4.90 Å². The van der Waals surface area contributed by atoms with Crippen molar-refractivity contribution in [2.45, 2.75) is 18.9 Å². The van der Waals surface area contributed by atoms with E-state index >= 15 is 0 Å². The summed E-state index contributed by atoms with van der Waals surface area (Å²) in [7, 11) is 8.20. The maximum Gasteiger partial charge on any atom is 0.119 e. The molecule has 3 heteroatoms. The van der Waals surface area contributed by atoms with E-state index in [1.165, 1.54) is 24.1 Å². The van der Waals surface area contributed by atoms with Gasteiger partial charge in [0.2, 0.25) is 0 Å². The number of hydrogen-bond donors (Lipinski definition) is 0. The van der Waals surface area contributed by atoms with Crippen LogP contribution in [0.4, 0.5) is 5.69 Å². The van der Waals surface area contributed by atoms with Gasteiger partial charge in [0.15, 0.2) is 0 Å². The lowest BCUT2D eigenvalue weighted by Crippen LogP contribution is -2.20. The van der Waals surface area contributed by atoms with Crippen molar-refractivity contribution < 1.29 is 4.74 Å². The predicted octanol–water partition coefficient (Wildman–Crippen LogP) is 2.53. The Hall–Kier alpha value is -1.22. The summed E-state index contributed by atoms with van der Waals surface area (Å²) < 4.78 is 5.35. The molecule has 1 aromatic rings. The molecule has 94 valence electrons. The molecular formula is C14H22N2O. The van der Waals surface area contributed by atoms with E-state index in [1.807, 2.05) is 6.07 Å². The fraction of sp³-hybridized carbons (Fsp3) is 0.571. The maximum atomic E-state index is 5.35. The second kappa shape index (κ2) is 4.96. The Morgan fingerprint density at radius 2 is 2.12 bits per heavy atom. The normalized spacial score (nSPS) is 20.1. The average molecular weight is 234 g/mol. The summed E-state index contributed by atoms with van der Waals surface area (Å²) >= 11 is 0. The van der Waals surface area contributed by atoms with Gasteiger partial charge in [0.05, 0.1) is 7.11 Å². The van der Waals surface area contributed by atoms with Crippen molar-refractivity contribution in [3.05, 3.63) is 23.8 Å². The number of methoxy groups -OCH3 is 1. The second-order valence-corrected chi connectivity index (χ2v) is 4.97. The summed E-state index contributed by atoms with van der Waals surface area (Å²) in [6, 6.07) is 6.90. The molecule has 0 spiro atoms. The van der Waals surface area contributed by atoms with Crippen molar-refractivity contribution in [2.75, 3.05) is 39.7 Å². The van der Waals surface area contributed by atoms with Gasteiger partial charge in [-0.2, -0.15) is 0 Å². The van der Waals surface area contributed by atoms with Gasteiger partial charge in [0, 0.05) is 25.3 Å². The summed E-state index contributed by atoms with van der Waals surface area (Å²) in [6.45, 7) is 1.13. The van der Waals surface area contributed by atoms with E-state index in [2.05, 4.69) is 43.1 Å². The van der Waals surface area contributed by atoms with Gasteiger partial charge in [0.1, 0.15) is 5.75 Å². The number of hydrogen-bond acceptors (Lipinski definition) is 3. The van der Waals surface area contributed by atoms with E-state index in [9.17, 15) is 0 Å². The first-order valence-electron chi connectivity index (χ1n) is 6.19. The zero-order chi connectivity index (χ0) is 12.4. The largest absolute Gasteiger partial charge is 0.497 e. The third-order valence-electron chi connectivity index (χ3n) is 3.60. The molecule has 3 nitrogen and oxygen atoms in total. The zero-order valence-electron chi connectivity index (χ0n) is 11.2. The number of nitrogens with zero attached hydrogens (tertiary/aromatic N) is 2. The van der Waals surface area contributed by atoms with Crippen LogP contribution in [0.1, 0.15) is 24.4 Å². The van der Waals surface area contributed by atoms with Crippen LogP contribution in [-0.4, -0.2) is 39.7 Å². The van der Waals surface area contributed by atoms with E-state index in [1.54, 1.807) is 7.11 Å². The molecule has 1 aromatic carbocycles. The lowest BCUT2D eigenvalue weighted by atomic mass is 10.0. The van der Waals surface area contributed by atoms with E-state index in [4.69, 9.17) is 4.74 Å². The van der Waals surface area contributed by atoms with Crippen molar-refractivity contribution >= 4 is 5.69 Å². The van der Waals surface area contributed by atoms with Crippen molar-refractivity contribution in [1.29, 1.82) is 0 Å². The fourth-order valence-corrected chi connectivity index (χ4v) is 2.61. The van der Waals surface area contributed by atoms with Gasteiger partial charge < -0.3 is 14.5 Å². The standard InChI is InChI=1S/C14H22N2O/c1-15(2)13-6-5-9-16(3)14-8-7-11(17-4)10-12(13)14/h7-8,10,13H,5-6,9H2,1-4H3. The van der Waals surface area contributed by atoms with E-state index < -0.39 is 0 Å². The Kier molecular flexibility index (Phi) is 3.57. The molecule has 0 amide bonds. The van der Waals surface area contributed by atoms with Crippen LogP contribution in [0.5, 0.6) is 5.75 Å². The molecule has 17 heavy (non-hydrogen) atoms. The number of rotatable bonds is 2. The molecule has 1 atom stereocenters. The van der Waals surface area contributed by atoms with Crippen molar-refractivity contribution in [3.63, 3.8) is 0 Å². The van der Waals surface area contributed by atoms with Gasteiger partial charge in [-0.05, 0) is 50.7 Å². The molecule has 1 aliphatic heterocycles. The molecule has 0 saturated heterocycles. The van der Waals surface area contributed by atoms with Gasteiger partial charge in [0.25, 0.3) is 0 Å². The molecule has 1 heterocycles. The van der Waals surface area contributed by atoms with Gasteiger partial charge in [-0.3, -0.25) is 0 Å².